The second kappa shape index (κ2) is 9.00. The van der Waals surface area contributed by atoms with Crippen molar-refractivity contribution >= 4 is 23.1 Å². The minimum absolute atomic E-state index is 0.0603. The van der Waals surface area contributed by atoms with Gasteiger partial charge in [0.05, 0.1) is 11.7 Å². The highest BCUT2D eigenvalue weighted by molar-refractivity contribution is 6.01. The average Bonchev–Trinajstić information content (AvgIpc) is 3.21. The highest BCUT2D eigenvalue weighted by Crippen LogP contribution is 2.50. The molecule has 7 rings (SSSR count). The van der Waals surface area contributed by atoms with Crippen LogP contribution in [0.4, 0.5) is 5.82 Å². The van der Waals surface area contributed by atoms with E-state index in [0.717, 1.165) is 79.9 Å². The van der Waals surface area contributed by atoms with E-state index in [4.69, 9.17) is 0 Å². The molecular formula is C30H35N5O3. The number of ketones is 1. The maximum Gasteiger partial charge on any atom is 0.256 e. The van der Waals surface area contributed by atoms with Gasteiger partial charge in [-0.1, -0.05) is 18.2 Å². The summed E-state index contributed by atoms with van der Waals surface area (Å²) in [7, 11) is 2.13. The molecule has 4 aliphatic heterocycles. The number of aromatic nitrogens is 1. The van der Waals surface area contributed by atoms with E-state index in [1.807, 2.05) is 24.3 Å². The van der Waals surface area contributed by atoms with E-state index in [0.29, 0.717) is 24.1 Å². The van der Waals surface area contributed by atoms with Gasteiger partial charge in [0.2, 0.25) is 0 Å². The third-order valence-corrected chi connectivity index (χ3v) is 9.55. The number of fused-ring (bicyclic) bond motifs is 4. The first-order valence-corrected chi connectivity index (χ1v) is 14.0. The number of carbonyl (C=O) groups is 2. The molecule has 1 spiro atoms. The summed E-state index contributed by atoms with van der Waals surface area (Å²) >= 11 is 0. The Hall–Kier alpha value is -3.07. The molecule has 3 saturated heterocycles. The lowest BCUT2D eigenvalue weighted by Gasteiger charge is -2.44. The van der Waals surface area contributed by atoms with Gasteiger partial charge < -0.3 is 25.5 Å². The third-order valence-electron chi connectivity index (χ3n) is 9.55. The van der Waals surface area contributed by atoms with Crippen LogP contribution in [-0.2, 0) is 0 Å². The van der Waals surface area contributed by atoms with E-state index >= 15 is 0 Å². The Balaban J connectivity index is 1.23. The van der Waals surface area contributed by atoms with Gasteiger partial charge in [0, 0.05) is 60.9 Å². The van der Waals surface area contributed by atoms with Crippen molar-refractivity contribution in [3.63, 3.8) is 0 Å². The zero-order valence-corrected chi connectivity index (χ0v) is 21.9. The second-order valence-electron chi connectivity index (χ2n) is 11.9. The van der Waals surface area contributed by atoms with Crippen molar-refractivity contribution in [3.8, 4) is 0 Å². The fourth-order valence-corrected chi connectivity index (χ4v) is 7.58. The van der Waals surface area contributed by atoms with E-state index in [2.05, 4.69) is 38.5 Å². The molecule has 0 radical (unpaired) electrons. The van der Waals surface area contributed by atoms with Crippen molar-refractivity contribution in [1.82, 2.24) is 20.1 Å². The molecule has 3 atom stereocenters. The molecular weight excluding hydrogens is 478 g/mol. The van der Waals surface area contributed by atoms with Crippen LogP contribution in [0.25, 0.3) is 5.57 Å². The minimum atomic E-state index is -0.669. The molecule has 198 valence electrons. The quantitative estimate of drug-likeness (QED) is 0.568. The topological polar surface area (TPSA) is 97.8 Å². The van der Waals surface area contributed by atoms with Crippen LogP contribution in [0.1, 0.15) is 75.6 Å². The molecule has 2 unspecified atom stereocenters. The Bertz CT molecular complexity index is 1330. The smallest absolute Gasteiger partial charge is 0.256 e. The molecule has 8 nitrogen and oxygen atoms in total. The fourth-order valence-electron chi connectivity index (χ4n) is 7.58. The molecule has 2 bridgehead atoms. The first-order chi connectivity index (χ1) is 18.4. The highest BCUT2D eigenvalue weighted by atomic mass is 16.3. The first kappa shape index (κ1) is 24.0. The van der Waals surface area contributed by atoms with Crippen LogP contribution < -0.4 is 10.6 Å². The van der Waals surface area contributed by atoms with Crippen LogP contribution >= 0.6 is 0 Å². The van der Waals surface area contributed by atoms with Gasteiger partial charge in [0.15, 0.2) is 5.78 Å². The largest absolute Gasteiger partial charge is 0.388 e. The lowest BCUT2D eigenvalue weighted by atomic mass is 9.64. The summed E-state index contributed by atoms with van der Waals surface area (Å²) in [4.78, 5) is 35.9. The normalized spacial score (nSPS) is 27.9. The fraction of sp³-hybridized carbons (Fsp3) is 0.500. The van der Waals surface area contributed by atoms with E-state index in [-0.39, 0.29) is 23.8 Å². The Kier molecular flexibility index (Phi) is 5.69. The Morgan fingerprint density at radius 2 is 1.87 bits per heavy atom. The van der Waals surface area contributed by atoms with Gasteiger partial charge in [-0.25, -0.2) is 4.98 Å². The maximum atomic E-state index is 13.7. The summed E-state index contributed by atoms with van der Waals surface area (Å²) in [6.45, 7) is 4.10. The summed E-state index contributed by atoms with van der Waals surface area (Å²) < 4.78 is 0. The van der Waals surface area contributed by atoms with Crippen molar-refractivity contribution in [3.05, 3.63) is 64.4 Å². The number of piperidine rings is 1. The molecule has 2 aromatic rings. The van der Waals surface area contributed by atoms with Gasteiger partial charge in [0.25, 0.3) is 5.91 Å². The zero-order valence-electron chi connectivity index (χ0n) is 21.9. The van der Waals surface area contributed by atoms with Crippen LogP contribution in [0.15, 0.2) is 36.5 Å². The zero-order chi connectivity index (χ0) is 26.0. The second-order valence-corrected chi connectivity index (χ2v) is 11.9. The van der Waals surface area contributed by atoms with Crippen LogP contribution in [0.5, 0.6) is 0 Å². The number of likely N-dealkylation sites (tertiary alicyclic amines) is 1. The molecule has 1 aromatic heterocycles. The summed E-state index contributed by atoms with van der Waals surface area (Å²) in [6.07, 6.45) is 7.24. The predicted octanol–water partition coefficient (Wildman–Crippen LogP) is 2.85. The predicted molar refractivity (Wildman–Crippen MR) is 145 cm³/mol. The highest BCUT2D eigenvalue weighted by Gasteiger charge is 2.46. The first-order valence-electron chi connectivity index (χ1n) is 14.0. The number of likely N-dealkylation sites (N-methyl/N-ethyl adjacent to an activating group) is 1. The molecule has 3 N–H and O–H groups in total. The summed E-state index contributed by atoms with van der Waals surface area (Å²) in [5, 5.41) is 18.2. The van der Waals surface area contributed by atoms with E-state index in [1.54, 1.807) is 6.20 Å². The van der Waals surface area contributed by atoms with Crippen LogP contribution in [0.2, 0.25) is 0 Å². The van der Waals surface area contributed by atoms with Crippen molar-refractivity contribution in [1.29, 1.82) is 0 Å². The third kappa shape index (κ3) is 3.73. The molecule has 1 aromatic carbocycles. The van der Waals surface area contributed by atoms with E-state index in [9.17, 15) is 14.7 Å². The number of hydrogen-bond donors (Lipinski definition) is 3. The number of piperazine rings is 1. The molecule has 8 heteroatoms. The number of aliphatic hydroxyl groups is 1. The van der Waals surface area contributed by atoms with E-state index in [1.165, 1.54) is 0 Å². The average molecular weight is 514 g/mol. The number of rotatable bonds is 2. The van der Waals surface area contributed by atoms with Gasteiger partial charge in [-0.15, -0.1) is 0 Å². The molecule has 5 aliphatic rings. The number of benzene rings is 1. The maximum absolute atomic E-state index is 13.7. The van der Waals surface area contributed by atoms with Crippen molar-refractivity contribution in [2.45, 2.75) is 50.3 Å². The number of amides is 1. The lowest BCUT2D eigenvalue weighted by molar-refractivity contribution is -0.0108. The van der Waals surface area contributed by atoms with Crippen molar-refractivity contribution < 1.29 is 14.7 Å². The van der Waals surface area contributed by atoms with Gasteiger partial charge in [-0.3, -0.25) is 9.59 Å². The van der Waals surface area contributed by atoms with Crippen molar-refractivity contribution in [2.24, 2.45) is 5.41 Å². The Morgan fingerprint density at radius 3 is 2.63 bits per heavy atom. The summed E-state index contributed by atoms with van der Waals surface area (Å²) in [6, 6.07) is 8.33. The summed E-state index contributed by atoms with van der Waals surface area (Å²) in [5.41, 5.74) is 4.39. The molecule has 3 fully saturated rings. The molecule has 1 amide bonds. The SMILES string of the molecule is CN1CC2CCC(C1)N2C(=O)c1cnc2c(c1)C(c1ccc3c(c1)[C@H](O)C1(CCNCC1)CC3=O)=CCN2. The monoisotopic (exact) mass is 513 g/mol. The van der Waals surface area contributed by atoms with Crippen LogP contribution in [0, 0.1) is 5.41 Å². The Labute approximate surface area is 223 Å². The standard InChI is InChI=1S/C30H35N5O3/c1-34-16-20-3-4-21(17-34)35(20)29(38)19-13-25-22(6-9-32-28(25)33-15-19)18-2-5-23-24(12-18)27(37)30(14-26(23)36)7-10-31-11-8-30/h2,5-6,12-13,15,20-21,27,31,37H,3-4,7-11,14,16-17H2,1H3,(H,32,33)/t20?,21?,27-/m0/s1. The number of carbonyl (C=O) groups excluding carboxylic acids is 2. The van der Waals surface area contributed by atoms with E-state index < -0.39 is 11.5 Å². The number of anilines is 1. The number of pyridine rings is 1. The minimum Gasteiger partial charge on any atom is -0.388 e. The summed E-state index contributed by atoms with van der Waals surface area (Å²) in [5.74, 6) is 0.935. The molecule has 1 aliphatic carbocycles. The van der Waals surface area contributed by atoms with Gasteiger partial charge in [-0.2, -0.15) is 0 Å². The number of hydrogen-bond acceptors (Lipinski definition) is 7. The van der Waals surface area contributed by atoms with Crippen LogP contribution in [0.3, 0.4) is 0 Å². The number of nitrogens with one attached hydrogen (secondary N) is 2. The van der Waals surface area contributed by atoms with Crippen LogP contribution in [-0.4, -0.2) is 83.4 Å². The number of Topliss-reactive ketones (excluding diaryl/α,β-unsaturated/α-hetero) is 1. The van der Waals surface area contributed by atoms with Gasteiger partial charge in [0.1, 0.15) is 5.82 Å². The van der Waals surface area contributed by atoms with Gasteiger partial charge in [-0.05, 0) is 74.7 Å². The number of nitrogens with zero attached hydrogens (tertiary/aromatic N) is 3. The molecule has 5 heterocycles. The van der Waals surface area contributed by atoms with Gasteiger partial charge >= 0.3 is 0 Å². The molecule has 0 saturated carbocycles. The van der Waals surface area contributed by atoms with Crippen molar-refractivity contribution in [2.75, 3.05) is 45.1 Å². The number of aliphatic hydroxyl groups excluding tert-OH is 1. The molecule has 38 heavy (non-hydrogen) atoms. The lowest BCUT2D eigenvalue weighted by Crippen LogP contribution is -2.54. The Morgan fingerprint density at radius 1 is 1.11 bits per heavy atom.